The number of hydrogen-bond acceptors (Lipinski definition) is 7. The molecular weight excluding hydrogens is 634 g/mol. The van der Waals surface area contributed by atoms with Gasteiger partial charge in [0.1, 0.15) is 12.1 Å². The van der Waals surface area contributed by atoms with E-state index in [4.69, 9.17) is 22.2 Å². The maximum atomic E-state index is 14.6. The molecule has 4 atom stereocenters. The number of hydrogen-bond donors (Lipinski definition) is 3. The van der Waals surface area contributed by atoms with Crippen molar-refractivity contribution in [1.82, 2.24) is 15.5 Å². The van der Waals surface area contributed by atoms with Gasteiger partial charge in [-0.05, 0) is 66.9 Å². The van der Waals surface area contributed by atoms with Crippen LogP contribution in [0.1, 0.15) is 104 Å². The highest BCUT2D eigenvalue weighted by atomic mass is 35.5. The van der Waals surface area contributed by atoms with Crippen molar-refractivity contribution in [3.8, 4) is 0 Å². The minimum atomic E-state index is -1.12. The number of Topliss-reactive ketones (excluding diaryl/α,β-unsaturated/α-hetero) is 1. The molecular formula is C36H50ClN5O6. The van der Waals surface area contributed by atoms with E-state index >= 15 is 0 Å². The smallest absolute Gasteiger partial charge is 0.287 e. The van der Waals surface area contributed by atoms with Gasteiger partial charge in [-0.2, -0.15) is 0 Å². The van der Waals surface area contributed by atoms with Gasteiger partial charge in [0.25, 0.3) is 5.91 Å². The normalized spacial score (nSPS) is 25.2. The summed E-state index contributed by atoms with van der Waals surface area (Å²) >= 11 is 6.24. The van der Waals surface area contributed by atoms with Crippen molar-refractivity contribution in [1.29, 1.82) is 0 Å². The van der Waals surface area contributed by atoms with Gasteiger partial charge in [0.2, 0.25) is 23.5 Å². The number of rotatable bonds is 11. The van der Waals surface area contributed by atoms with Crippen molar-refractivity contribution in [3.05, 3.63) is 34.9 Å². The van der Waals surface area contributed by atoms with Crippen molar-refractivity contribution in [3.63, 3.8) is 0 Å². The molecule has 4 aliphatic rings. The number of benzene rings is 1. The minimum Gasteiger partial charge on any atom is -0.387 e. The molecule has 3 fully saturated rings. The quantitative estimate of drug-likeness (QED) is 0.295. The van der Waals surface area contributed by atoms with Gasteiger partial charge in [-0.25, -0.2) is 0 Å². The minimum absolute atomic E-state index is 0.0364. The maximum absolute atomic E-state index is 14.6. The fraction of sp³-hybridized carbons (Fsp3) is 0.667. The summed E-state index contributed by atoms with van der Waals surface area (Å²) in [5.74, 6) is -2.70. The van der Waals surface area contributed by atoms with Crippen molar-refractivity contribution in [2.45, 2.75) is 123 Å². The molecule has 12 heteroatoms. The second-order valence-corrected chi connectivity index (χ2v) is 16.8. The first kappa shape index (κ1) is 35.8. The van der Waals surface area contributed by atoms with E-state index < -0.39 is 52.6 Å². The summed E-state index contributed by atoms with van der Waals surface area (Å²) in [6.45, 7) is 10.2. The van der Waals surface area contributed by atoms with E-state index in [0.29, 0.717) is 30.0 Å². The molecule has 2 aliphatic heterocycles. The Balaban J connectivity index is 1.38. The third-order valence-corrected chi connectivity index (χ3v) is 10.7. The van der Waals surface area contributed by atoms with E-state index in [0.717, 1.165) is 44.1 Å². The van der Waals surface area contributed by atoms with E-state index in [1.807, 2.05) is 32.9 Å². The SMILES string of the molecule is CC1(C)CCC(CC(=O)N[C@H](C(=O)N2C[C@@]3(CC(c4cccc(Cl)c4)=NO3)C[C@H]2C(=O)N[C@@H](CC2CC2)C(=O)C(N)=O)C(C)(C)C)CC1. The lowest BCUT2D eigenvalue weighted by Crippen LogP contribution is -2.59. The molecule has 4 amide bonds. The van der Waals surface area contributed by atoms with Gasteiger partial charge in [0, 0.05) is 29.8 Å². The zero-order valence-electron chi connectivity index (χ0n) is 28.8. The molecule has 0 radical (unpaired) electrons. The first-order valence-corrected chi connectivity index (χ1v) is 17.6. The van der Waals surface area contributed by atoms with E-state index in [2.05, 4.69) is 29.6 Å². The Morgan fingerprint density at radius 3 is 2.35 bits per heavy atom. The number of carbonyl (C=O) groups excluding carboxylic acids is 5. The average Bonchev–Trinajstić information content (AvgIpc) is 3.61. The second-order valence-electron chi connectivity index (χ2n) is 16.3. The van der Waals surface area contributed by atoms with Gasteiger partial charge in [-0.1, -0.05) is 76.3 Å². The van der Waals surface area contributed by atoms with Gasteiger partial charge in [-0.3, -0.25) is 24.0 Å². The lowest BCUT2D eigenvalue weighted by molar-refractivity contribution is -0.145. The summed E-state index contributed by atoms with van der Waals surface area (Å²) in [5.41, 5.74) is 5.32. The number of oxime groups is 1. The molecule has 1 aromatic rings. The first-order chi connectivity index (χ1) is 22.4. The van der Waals surface area contributed by atoms with Crippen LogP contribution in [-0.2, 0) is 28.8 Å². The molecule has 0 aromatic heterocycles. The summed E-state index contributed by atoms with van der Waals surface area (Å²) in [6.07, 6.45) is 6.89. The fourth-order valence-corrected chi connectivity index (χ4v) is 7.46. The lowest BCUT2D eigenvalue weighted by Gasteiger charge is -2.37. The Morgan fingerprint density at radius 1 is 1.06 bits per heavy atom. The predicted octanol–water partition coefficient (Wildman–Crippen LogP) is 4.28. The molecule has 1 spiro atoms. The Bertz CT molecular complexity index is 1470. The Kier molecular flexibility index (Phi) is 10.3. The van der Waals surface area contributed by atoms with Crippen LogP contribution in [0.15, 0.2) is 29.4 Å². The van der Waals surface area contributed by atoms with Crippen molar-refractivity contribution < 1.29 is 28.8 Å². The third kappa shape index (κ3) is 8.57. The van der Waals surface area contributed by atoms with E-state index in [1.54, 1.807) is 12.1 Å². The van der Waals surface area contributed by atoms with Gasteiger partial charge in [0.05, 0.1) is 18.3 Å². The topological polar surface area (TPSA) is 160 Å². The highest BCUT2D eigenvalue weighted by Gasteiger charge is 2.56. The summed E-state index contributed by atoms with van der Waals surface area (Å²) in [6, 6.07) is 4.15. The Morgan fingerprint density at radius 2 is 1.75 bits per heavy atom. The Labute approximate surface area is 288 Å². The number of primary amides is 1. The van der Waals surface area contributed by atoms with Crippen molar-refractivity contribution in [2.24, 2.45) is 33.6 Å². The van der Waals surface area contributed by atoms with Crippen molar-refractivity contribution in [2.75, 3.05) is 6.54 Å². The van der Waals surface area contributed by atoms with Crippen LogP contribution in [-0.4, -0.2) is 70.3 Å². The number of ketones is 1. The Hall–Kier alpha value is -3.47. The molecule has 1 aromatic carbocycles. The number of halogens is 1. The van der Waals surface area contributed by atoms with Crippen LogP contribution in [0.2, 0.25) is 5.02 Å². The molecule has 262 valence electrons. The largest absolute Gasteiger partial charge is 0.387 e. The molecule has 11 nitrogen and oxygen atoms in total. The summed E-state index contributed by atoms with van der Waals surface area (Å²) < 4.78 is 0. The standard InChI is InChI=1S/C36H50ClN5O6/c1-34(2,3)30(40-28(43)16-22-11-13-35(4,5)14-12-22)33(47)42-20-36(18-26(41-48-36)23-7-6-8-24(37)17-23)19-27(42)32(46)39-25(15-21-9-10-21)29(44)31(38)45/h6-8,17,21-22,25,27,30H,9-16,18-20H2,1-5H3,(H2,38,45)(H,39,46)(H,40,43)/t25-,27-,30+,36+/m0/s1. The van der Waals surface area contributed by atoms with Gasteiger partial charge >= 0.3 is 0 Å². The third-order valence-electron chi connectivity index (χ3n) is 10.5. The summed E-state index contributed by atoms with van der Waals surface area (Å²) in [7, 11) is 0. The van der Waals surface area contributed by atoms with Crippen LogP contribution >= 0.6 is 11.6 Å². The molecule has 48 heavy (non-hydrogen) atoms. The molecule has 5 rings (SSSR count). The van der Waals surface area contributed by atoms with Crippen LogP contribution in [0.25, 0.3) is 0 Å². The van der Waals surface area contributed by atoms with Crippen molar-refractivity contribution >= 4 is 46.7 Å². The number of likely N-dealkylation sites (tertiary alicyclic amines) is 1. The van der Waals surface area contributed by atoms with Gasteiger partial charge in [0.15, 0.2) is 5.60 Å². The molecule has 1 saturated heterocycles. The fourth-order valence-electron chi connectivity index (χ4n) is 7.27. The highest BCUT2D eigenvalue weighted by molar-refractivity contribution is 6.37. The van der Waals surface area contributed by atoms with Crippen LogP contribution in [0, 0.1) is 22.7 Å². The molecule has 4 N–H and O–H groups in total. The zero-order chi connectivity index (χ0) is 35.0. The number of nitrogens with zero attached hydrogens (tertiary/aromatic N) is 2. The van der Waals surface area contributed by atoms with Crippen LogP contribution in [0.5, 0.6) is 0 Å². The predicted molar refractivity (Wildman–Crippen MR) is 182 cm³/mol. The van der Waals surface area contributed by atoms with E-state index in [1.165, 1.54) is 4.90 Å². The number of nitrogens with one attached hydrogen (secondary N) is 2. The molecule has 2 heterocycles. The monoisotopic (exact) mass is 683 g/mol. The molecule has 2 saturated carbocycles. The van der Waals surface area contributed by atoms with Crippen LogP contribution < -0.4 is 16.4 Å². The summed E-state index contributed by atoms with van der Waals surface area (Å²) in [4.78, 5) is 74.1. The van der Waals surface area contributed by atoms with Gasteiger partial charge < -0.3 is 26.1 Å². The zero-order valence-corrected chi connectivity index (χ0v) is 29.5. The highest BCUT2D eigenvalue weighted by Crippen LogP contribution is 2.41. The van der Waals surface area contributed by atoms with Crippen LogP contribution in [0.4, 0.5) is 0 Å². The van der Waals surface area contributed by atoms with E-state index in [-0.39, 0.29) is 36.1 Å². The number of amides is 4. The average molecular weight is 684 g/mol. The number of carbonyl (C=O) groups is 5. The van der Waals surface area contributed by atoms with Crippen LogP contribution in [0.3, 0.4) is 0 Å². The maximum Gasteiger partial charge on any atom is 0.287 e. The summed E-state index contributed by atoms with van der Waals surface area (Å²) in [5, 5.41) is 10.7. The van der Waals surface area contributed by atoms with E-state index in [9.17, 15) is 24.0 Å². The second kappa shape index (κ2) is 13.8. The lowest BCUT2D eigenvalue weighted by atomic mass is 9.72. The molecule has 0 unspecified atom stereocenters. The molecule has 2 aliphatic carbocycles. The van der Waals surface area contributed by atoms with Gasteiger partial charge in [-0.15, -0.1) is 0 Å². The number of nitrogens with two attached hydrogens (primary N) is 1. The first-order valence-electron chi connectivity index (χ1n) is 17.2. The molecule has 0 bridgehead atoms.